The summed E-state index contributed by atoms with van der Waals surface area (Å²) in [4.78, 5) is 20.9. The van der Waals surface area contributed by atoms with E-state index in [0.29, 0.717) is 18.0 Å². The molecule has 0 atom stereocenters. The van der Waals surface area contributed by atoms with Gasteiger partial charge >= 0.3 is 0 Å². The molecule has 0 aliphatic rings. The molecule has 0 unspecified atom stereocenters. The molecule has 1 amide bonds. The fourth-order valence-corrected chi connectivity index (χ4v) is 2.65. The van der Waals surface area contributed by atoms with Gasteiger partial charge in [0.05, 0.1) is 17.5 Å². The van der Waals surface area contributed by atoms with Gasteiger partial charge in [0, 0.05) is 49.4 Å². The first kappa shape index (κ1) is 16.9. The van der Waals surface area contributed by atoms with E-state index in [0.717, 1.165) is 30.0 Å². The van der Waals surface area contributed by atoms with Crippen LogP contribution in [0.4, 0.5) is 0 Å². The Morgan fingerprint density at radius 1 is 1.28 bits per heavy atom. The summed E-state index contributed by atoms with van der Waals surface area (Å²) in [7, 11) is 0. The number of imidazole rings is 1. The minimum Gasteiger partial charge on any atom is -0.352 e. The summed E-state index contributed by atoms with van der Waals surface area (Å²) in [5, 5.41) is 9.57. The number of aromatic nitrogens is 5. The molecular weight excluding hydrogens is 316 g/mol. The van der Waals surface area contributed by atoms with Crippen molar-refractivity contribution in [1.82, 2.24) is 30.0 Å². The number of aryl methyl sites for hydroxylation is 1. The highest BCUT2D eigenvalue weighted by Crippen LogP contribution is 2.14. The molecule has 0 aliphatic carbocycles. The van der Waals surface area contributed by atoms with E-state index in [1.807, 2.05) is 18.5 Å². The topological polar surface area (TPSA) is 88.5 Å². The number of rotatable bonds is 7. The van der Waals surface area contributed by atoms with Gasteiger partial charge in [-0.3, -0.25) is 14.9 Å². The molecule has 0 radical (unpaired) electrons. The standard InChI is InChI=1S/C18H22N6O/c1-13(2)17-19-7-9-24(17)8-3-6-20-18(25)14-4-5-16(21-10-14)15-11-22-23-12-15/h4-5,7,9-13H,3,6,8H2,1-2H3,(H,20,25)(H,22,23). The van der Waals surface area contributed by atoms with Crippen LogP contribution in [-0.4, -0.2) is 37.2 Å². The van der Waals surface area contributed by atoms with Crippen LogP contribution >= 0.6 is 0 Å². The van der Waals surface area contributed by atoms with Crippen molar-refractivity contribution in [3.8, 4) is 11.3 Å². The monoisotopic (exact) mass is 338 g/mol. The molecule has 0 bridgehead atoms. The number of nitrogens with one attached hydrogen (secondary N) is 2. The van der Waals surface area contributed by atoms with Crippen molar-refractivity contribution in [2.45, 2.75) is 32.7 Å². The fourth-order valence-electron chi connectivity index (χ4n) is 2.65. The van der Waals surface area contributed by atoms with Crippen molar-refractivity contribution in [3.05, 3.63) is 54.5 Å². The average molecular weight is 338 g/mol. The number of H-pyrrole nitrogens is 1. The number of hydrogen-bond donors (Lipinski definition) is 2. The largest absolute Gasteiger partial charge is 0.352 e. The Hall–Kier alpha value is -2.96. The summed E-state index contributed by atoms with van der Waals surface area (Å²) in [5.74, 6) is 1.36. The van der Waals surface area contributed by atoms with E-state index in [4.69, 9.17) is 0 Å². The first-order valence-corrected chi connectivity index (χ1v) is 8.39. The zero-order chi connectivity index (χ0) is 17.6. The first-order chi connectivity index (χ1) is 12.1. The summed E-state index contributed by atoms with van der Waals surface area (Å²) >= 11 is 0. The molecule has 0 saturated heterocycles. The number of carbonyl (C=O) groups excluding carboxylic acids is 1. The minimum absolute atomic E-state index is 0.110. The highest BCUT2D eigenvalue weighted by molar-refractivity contribution is 5.94. The Labute approximate surface area is 146 Å². The Bertz CT molecular complexity index is 804. The van der Waals surface area contributed by atoms with E-state index in [9.17, 15) is 4.79 Å². The van der Waals surface area contributed by atoms with E-state index in [-0.39, 0.29) is 5.91 Å². The normalized spacial score (nSPS) is 11.0. The van der Waals surface area contributed by atoms with Crippen LogP contribution in [0.15, 0.2) is 43.1 Å². The van der Waals surface area contributed by atoms with Gasteiger partial charge in [0.15, 0.2) is 0 Å². The third kappa shape index (κ3) is 4.12. The highest BCUT2D eigenvalue weighted by Gasteiger charge is 2.09. The SMILES string of the molecule is CC(C)c1nccn1CCCNC(=O)c1ccc(-c2cn[nH]c2)nc1. The van der Waals surface area contributed by atoms with Gasteiger partial charge in [-0.25, -0.2) is 4.98 Å². The molecule has 130 valence electrons. The molecule has 3 rings (SSSR count). The number of amides is 1. The second kappa shape index (κ2) is 7.74. The average Bonchev–Trinajstić information content (AvgIpc) is 3.30. The molecular formula is C18H22N6O. The summed E-state index contributed by atoms with van der Waals surface area (Å²) in [6.45, 7) is 5.70. The summed E-state index contributed by atoms with van der Waals surface area (Å²) in [6.07, 6.45) is 9.71. The summed E-state index contributed by atoms with van der Waals surface area (Å²) in [6, 6.07) is 3.59. The quantitative estimate of drug-likeness (QED) is 0.648. The van der Waals surface area contributed by atoms with Gasteiger partial charge in [-0.1, -0.05) is 13.8 Å². The van der Waals surface area contributed by atoms with Gasteiger partial charge in [0.2, 0.25) is 0 Å². The number of nitrogens with zero attached hydrogens (tertiary/aromatic N) is 4. The number of carbonyl (C=O) groups is 1. The molecule has 0 fully saturated rings. The minimum atomic E-state index is -0.110. The lowest BCUT2D eigenvalue weighted by molar-refractivity contribution is 0.0952. The Balaban J connectivity index is 1.48. The lowest BCUT2D eigenvalue weighted by Crippen LogP contribution is -2.25. The second-order valence-corrected chi connectivity index (χ2v) is 6.16. The second-order valence-electron chi connectivity index (χ2n) is 6.16. The molecule has 3 heterocycles. The maximum absolute atomic E-state index is 12.2. The lowest BCUT2D eigenvalue weighted by atomic mass is 10.2. The molecule has 25 heavy (non-hydrogen) atoms. The van der Waals surface area contributed by atoms with Gasteiger partial charge in [-0.05, 0) is 18.6 Å². The van der Waals surface area contributed by atoms with Gasteiger partial charge in [-0.15, -0.1) is 0 Å². The Morgan fingerprint density at radius 2 is 2.16 bits per heavy atom. The molecule has 2 N–H and O–H groups in total. The van der Waals surface area contributed by atoms with E-state index < -0.39 is 0 Å². The van der Waals surface area contributed by atoms with Crippen LogP contribution in [0.2, 0.25) is 0 Å². The van der Waals surface area contributed by atoms with Gasteiger partial charge in [-0.2, -0.15) is 5.10 Å². The molecule has 0 spiro atoms. The lowest BCUT2D eigenvalue weighted by Gasteiger charge is -2.10. The first-order valence-electron chi connectivity index (χ1n) is 8.39. The molecule has 3 aromatic rings. The Kier molecular flexibility index (Phi) is 5.23. The maximum Gasteiger partial charge on any atom is 0.252 e. The van der Waals surface area contributed by atoms with Gasteiger partial charge in [0.25, 0.3) is 5.91 Å². The van der Waals surface area contributed by atoms with Crippen molar-refractivity contribution >= 4 is 5.91 Å². The van der Waals surface area contributed by atoms with Crippen molar-refractivity contribution in [3.63, 3.8) is 0 Å². The summed E-state index contributed by atoms with van der Waals surface area (Å²) < 4.78 is 2.14. The van der Waals surface area contributed by atoms with Crippen molar-refractivity contribution < 1.29 is 4.79 Å². The van der Waals surface area contributed by atoms with Gasteiger partial charge < -0.3 is 9.88 Å². The molecule has 0 saturated carbocycles. The molecule has 7 nitrogen and oxygen atoms in total. The number of aromatic amines is 1. The van der Waals surface area contributed by atoms with Crippen LogP contribution in [0.3, 0.4) is 0 Å². The molecule has 0 aliphatic heterocycles. The van der Waals surface area contributed by atoms with E-state index >= 15 is 0 Å². The van der Waals surface area contributed by atoms with Crippen molar-refractivity contribution in [2.75, 3.05) is 6.54 Å². The van der Waals surface area contributed by atoms with Crippen LogP contribution in [0.5, 0.6) is 0 Å². The molecule has 3 aromatic heterocycles. The predicted molar refractivity (Wildman–Crippen MR) is 95.1 cm³/mol. The smallest absolute Gasteiger partial charge is 0.252 e. The summed E-state index contributed by atoms with van der Waals surface area (Å²) in [5.41, 5.74) is 2.23. The predicted octanol–water partition coefficient (Wildman–Crippen LogP) is 2.61. The van der Waals surface area contributed by atoms with Crippen LogP contribution in [0.25, 0.3) is 11.3 Å². The Morgan fingerprint density at radius 3 is 2.84 bits per heavy atom. The van der Waals surface area contributed by atoms with Crippen LogP contribution in [0.1, 0.15) is 42.4 Å². The van der Waals surface area contributed by atoms with E-state index in [1.165, 1.54) is 0 Å². The van der Waals surface area contributed by atoms with Crippen molar-refractivity contribution in [2.24, 2.45) is 0 Å². The third-order valence-electron chi connectivity index (χ3n) is 3.95. The van der Waals surface area contributed by atoms with Crippen LogP contribution in [-0.2, 0) is 6.54 Å². The zero-order valence-electron chi connectivity index (χ0n) is 14.4. The molecule has 7 heteroatoms. The van der Waals surface area contributed by atoms with Crippen LogP contribution < -0.4 is 5.32 Å². The van der Waals surface area contributed by atoms with Crippen molar-refractivity contribution in [1.29, 1.82) is 0 Å². The van der Waals surface area contributed by atoms with Gasteiger partial charge in [0.1, 0.15) is 5.82 Å². The number of hydrogen-bond acceptors (Lipinski definition) is 4. The molecule has 0 aromatic carbocycles. The maximum atomic E-state index is 12.2. The van der Waals surface area contributed by atoms with E-state index in [1.54, 1.807) is 24.7 Å². The fraction of sp³-hybridized carbons (Fsp3) is 0.333. The number of pyridine rings is 1. The highest BCUT2D eigenvalue weighted by atomic mass is 16.1. The zero-order valence-corrected chi connectivity index (χ0v) is 14.4. The third-order valence-corrected chi connectivity index (χ3v) is 3.95. The van der Waals surface area contributed by atoms with E-state index in [2.05, 4.69) is 43.9 Å². The van der Waals surface area contributed by atoms with Crippen LogP contribution in [0, 0.1) is 0 Å².